The number of halogens is 4. The summed E-state index contributed by atoms with van der Waals surface area (Å²) in [6, 6.07) is 15.1. The molecule has 0 unspecified atom stereocenters. The maximum absolute atomic E-state index is 15.8. The predicted octanol–water partition coefficient (Wildman–Crippen LogP) is 6.93. The van der Waals surface area contributed by atoms with Crippen LogP contribution >= 0.6 is 23.2 Å². The van der Waals surface area contributed by atoms with E-state index in [0.29, 0.717) is 17.7 Å². The van der Waals surface area contributed by atoms with Crippen molar-refractivity contribution in [1.82, 2.24) is 10.2 Å². The van der Waals surface area contributed by atoms with E-state index < -0.39 is 41.0 Å². The number of benzene rings is 3. The third-order valence-electron chi connectivity index (χ3n) is 7.54. The van der Waals surface area contributed by atoms with Crippen molar-refractivity contribution in [3.8, 4) is 6.07 Å². The van der Waals surface area contributed by atoms with E-state index in [1.807, 2.05) is 20.8 Å². The summed E-state index contributed by atoms with van der Waals surface area (Å²) in [5.74, 6) is -3.47. The predicted molar refractivity (Wildman–Crippen MR) is 161 cm³/mol. The van der Waals surface area contributed by atoms with Gasteiger partial charge >= 0.3 is 0 Å². The van der Waals surface area contributed by atoms with Gasteiger partial charge in [0.1, 0.15) is 17.0 Å². The molecule has 1 aliphatic heterocycles. The molecule has 0 radical (unpaired) electrons. The molecule has 1 aliphatic rings. The molecule has 4 atom stereocenters. The Morgan fingerprint density at radius 2 is 1.74 bits per heavy atom. The van der Waals surface area contributed by atoms with Gasteiger partial charge < -0.3 is 15.5 Å². The van der Waals surface area contributed by atoms with Gasteiger partial charge in [0.15, 0.2) is 0 Å². The molecule has 4 rings (SSSR count). The number of amides is 2. The zero-order valence-corrected chi connectivity index (χ0v) is 25.4. The third kappa shape index (κ3) is 6.00. The van der Waals surface area contributed by atoms with E-state index in [1.165, 1.54) is 35.2 Å². The lowest BCUT2D eigenvalue weighted by Gasteiger charge is -2.37. The lowest BCUT2D eigenvalue weighted by atomic mass is 9.62. The second kappa shape index (κ2) is 12.0. The maximum atomic E-state index is 15.8. The van der Waals surface area contributed by atoms with Gasteiger partial charge in [-0.3, -0.25) is 9.59 Å². The van der Waals surface area contributed by atoms with Gasteiger partial charge in [-0.25, -0.2) is 8.78 Å². The van der Waals surface area contributed by atoms with Crippen molar-refractivity contribution >= 4 is 40.7 Å². The van der Waals surface area contributed by atoms with E-state index in [-0.39, 0.29) is 32.5 Å². The van der Waals surface area contributed by atoms with Crippen molar-refractivity contribution in [2.24, 2.45) is 5.41 Å². The zero-order valence-electron chi connectivity index (χ0n) is 23.9. The minimum atomic E-state index is -1.72. The van der Waals surface area contributed by atoms with E-state index in [9.17, 15) is 14.9 Å². The molecule has 0 aliphatic carbocycles. The summed E-state index contributed by atoms with van der Waals surface area (Å²) in [5, 5.41) is 17.0. The Bertz CT molecular complexity index is 1550. The summed E-state index contributed by atoms with van der Waals surface area (Å²) >= 11 is 12.3. The van der Waals surface area contributed by atoms with E-state index in [0.717, 1.165) is 6.07 Å². The van der Waals surface area contributed by atoms with Crippen LogP contribution in [-0.2, 0) is 10.2 Å². The van der Waals surface area contributed by atoms with Gasteiger partial charge in [-0.2, -0.15) is 5.26 Å². The highest BCUT2D eigenvalue weighted by Crippen LogP contribution is 2.52. The monoisotopic (exact) mass is 612 g/mol. The summed E-state index contributed by atoms with van der Waals surface area (Å²) in [5.41, 5.74) is -1.25. The van der Waals surface area contributed by atoms with Crippen molar-refractivity contribution in [3.63, 3.8) is 0 Å². The minimum Gasteiger partial charge on any atom is -0.345 e. The average molecular weight is 614 g/mol. The van der Waals surface area contributed by atoms with Crippen LogP contribution in [0.15, 0.2) is 60.7 Å². The smallest absolute Gasteiger partial charge is 0.253 e. The van der Waals surface area contributed by atoms with Crippen molar-refractivity contribution in [2.75, 3.05) is 19.4 Å². The Balaban J connectivity index is 1.88. The molecule has 6 nitrogen and oxygen atoms in total. The second-order valence-electron chi connectivity index (χ2n) is 12.0. The second-order valence-corrected chi connectivity index (χ2v) is 12.8. The molecule has 0 saturated carbocycles. The SMILES string of the molecule is CN(C)C(=O)c1ccc(NC(=O)[C@@H]2N[C@@H](CC(C)(C)C)[C@](C#N)(c3ccc(Cl)cc3F)[C@H]2c2cccc(Cl)c2F)cc1. The van der Waals surface area contributed by atoms with E-state index in [1.54, 1.807) is 38.4 Å². The molecule has 1 saturated heterocycles. The molecular weight excluding hydrogens is 581 g/mol. The fraction of sp³-hybridized carbons (Fsp3) is 0.344. The summed E-state index contributed by atoms with van der Waals surface area (Å²) in [7, 11) is 3.27. The number of hydrogen-bond acceptors (Lipinski definition) is 4. The molecule has 220 valence electrons. The normalized spacial score (nSPS) is 22.0. The van der Waals surface area contributed by atoms with Crippen LogP contribution in [-0.4, -0.2) is 42.9 Å². The molecule has 0 aromatic heterocycles. The first-order valence-electron chi connectivity index (χ1n) is 13.4. The summed E-state index contributed by atoms with van der Waals surface area (Å²) < 4.78 is 31.5. The quantitative estimate of drug-likeness (QED) is 0.316. The number of hydrogen-bond donors (Lipinski definition) is 2. The molecule has 10 heteroatoms. The zero-order chi connectivity index (χ0) is 31.0. The first-order valence-corrected chi connectivity index (χ1v) is 14.1. The maximum Gasteiger partial charge on any atom is 0.253 e. The fourth-order valence-electron chi connectivity index (χ4n) is 5.73. The number of nitrogens with zero attached hydrogens (tertiary/aromatic N) is 2. The molecule has 2 amide bonds. The van der Waals surface area contributed by atoms with Crippen LogP contribution in [0.1, 0.15) is 54.6 Å². The number of nitriles is 1. The van der Waals surface area contributed by atoms with Crippen molar-refractivity contribution < 1.29 is 18.4 Å². The Hall–Kier alpha value is -3.51. The van der Waals surface area contributed by atoms with E-state index in [4.69, 9.17) is 23.2 Å². The van der Waals surface area contributed by atoms with Gasteiger partial charge in [-0.1, -0.05) is 62.2 Å². The first-order chi connectivity index (χ1) is 19.7. The molecule has 42 heavy (non-hydrogen) atoms. The number of nitrogens with one attached hydrogen (secondary N) is 2. The Kier molecular flexibility index (Phi) is 8.98. The van der Waals surface area contributed by atoms with Crippen molar-refractivity contribution in [1.29, 1.82) is 5.26 Å². The Labute approximate surface area is 254 Å². The summed E-state index contributed by atoms with van der Waals surface area (Å²) in [6.45, 7) is 5.90. The van der Waals surface area contributed by atoms with Crippen LogP contribution in [0, 0.1) is 28.4 Å². The molecule has 1 fully saturated rings. The van der Waals surface area contributed by atoms with E-state index >= 15 is 8.78 Å². The third-order valence-corrected chi connectivity index (χ3v) is 8.06. The van der Waals surface area contributed by atoms with Crippen LogP contribution in [0.25, 0.3) is 0 Å². The van der Waals surface area contributed by atoms with Gasteiger partial charge in [0.25, 0.3) is 5.91 Å². The van der Waals surface area contributed by atoms with Gasteiger partial charge in [-0.05, 0) is 59.9 Å². The molecule has 3 aromatic carbocycles. The lowest BCUT2D eigenvalue weighted by molar-refractivity contribution is -0.118. The molecule has 0 bridgehead atoms. The van der Waals surface area contributed by atoms with Crippen LogP contribution < -0.4 is 10.6 Å². The van der Waals surface area contributed by atoms with E-state index in [2.05, 4.69) is 16.7 Å². The number of anilines is 1. The van der Waals surface area contributed by atoms with Gasteiger partial charge in [0, 0.05) is 47.9 Å². The van der Waals surface area contributed by atoms with Gasteiger partial charge in [0.2, 0.25) is 5.91 Å². The van der Waals surface area contributed by atoms with Crippen molar-refractivity contribution in [2.45, 2.75) is 50.6 Å². The minimum absolute atomic E-state index is 0.00220. The van der Waals surface area contributed by atoms with Crippen LogP contribution in [0.3, 0.4) is 0 Å². The number of carbonyl (C=O) groups is 2. The van der Waals surface area contributed by atoms with Crippen LogP contribution in [0.5, 0.6) is 0 Å². The summed E-state index contributed by atoms with van der Waals surface area (Å²) in [6.07, 6.45) is 0.354. The highest BCUT2D eigenvalue weighted by Gasteiger charge is 2.61. The van der Waals surface area contributed by atoms with Crippen LogP contribution in [0.2, 0.25) is 10.0 Å². The fourth-order valence-corrected chi connectivity index (χ4v) is 6.07. The lowest BCUT2D eigenvalue weighted by Crippen LogP contribution is -2.45. The molecule has 3 aromatic rings. The summed E-state index contributed by atoms with van der Waals surface area (Å²) in [4.78, 5) is 27.7. The number of carbonyl (C=O) groups excluding carboxylic acids is 2. The molecule has 0 spiro atoms. The Morgan fingerprint density at radius 3 is 2.31 bits per heavy atom. The van der Waals surface area contributed by atoms with Gasteiger partial charge in [0.05, 0.1) is 17.1 Å². The van der Waals surface area contributed by atoms with Crippen LogP contribution in [0.4, 0.5) is 14.5 Å². The molecular formula is C32H32Cl2F2N4O2. The molecule has 1 heterocycles. The van der Waals surface area contributed by atoms with Gasteiger partial charge in [-0.15, -0.1) is 0 Å². The number of rotatable bonds is 6. The highest BCUT2D eigenvalue weighted by molar-refractivity contribution is 6.31. The largest absolute Gasteiger partial charge is 0.345 e. The highest BCUT2D eigenvalue weighted by atomic mass is 35.5. The Morgan fingerprint density at radius 1 is 1.07 bits per heavy atom. The standard InChI is InChI=1S/C32H32Cl2F2N4O2/c1-31(2,3)16-25-32(17-37,22-14-11-19(33)15-24(22)35)26(21-7-6-8-23(34)27(21)36)28(39-25)29(41)38-20-12-9-18(10-13-20)30(42)40(4)5/h6-15,25-26,28,39H,16H2,1-5H3,(H,38,41)/t25-,26-,28+,32-/m0/s1. The average Bonchev–Trinajstić information content (AvgIpc) is 3.23. The van der Waals surface area contributed by atoms with Crippen molar-refractivity contribution in [3.05, 3.63) is 99.0 Å². The topological polar surface area (TPSA) is 85.2 Å². The molecule has 2 N–H and O–H groups in total. The first kappa shape index (κ1) is 31.4.